The Labute approximate surface area is 141 Å². The van der Waals surface area contributed by atoms with Crippen LogP contribution in [-0.2, 0) is 4.79 Å². The number of aromatic nitrogens is 2. The molecule has 1 aromatic heterocycles. The third-order valence-electron chi connectivity index (χ3n) is 4.50. The molecule has 1 atom stereocenters. The molecule has 1 N–H and O–H groups in total. The first-order valence-electron chi connectivity index (χ1n) is 8.17. The molecule has 0 bridgehead atoms. The van der Waals surface area contributed by atoms with E-state index in [2.05, 4.69) is 0 Å². The quantitative estimate of drug-likeness (QED) is 0.763. The molecule has 24 heavy (non-hydrogen) atoms. The Morgan fingerprint density at radius 1 is 1.08 bits per heavy atom. The highest BCUT2D eigenvalue weighted by molar-refractivity contribution is 5.85. The standard InChI is InChI=1S/C20H22N2O2/c1-12(2)18(20(23)24)22-17-11-14(4)13(3)10-16(17)21-19(22)15-8-6-5-7-9-15/h5-12,18H,1-4H3,(H,23,24). The predicted molar refractivity (Wildman–Crippen MR) is 96.2 cm³/mol. The van der Waals surface area contributed by atoms with Crippen molar-refractivity contribution in [1.82, 2.24) is 9.55 Å². The Balaban J connectivity index is 2.38. The summed E-state index contributed by atoms with van der Waals surface area (Å²) in [5.41, 5.74) is 4.93. The van der Waals surface area contributed by atoms with Crippen LogP contribution in [0.1, 0.15) is 31.0 Å². The molecular weight excluding hydrogens is 300 g/mol. The SMILES string of the molecule is Cc1cc2nc(-c3ccccc3)n(C(C(=O)O)C(C)C)c2cc1C. The number of aryl methyl sites for hydroxylation is 2. The molecule has 0 spiro atoms. The van der Waals surface area contributed by atoms with Crippen molar-refractivity contribution in [3.8, 4) is 11.4 Å². The van der Waals surface area contributed by atoms with Gasteiger partial charge in [0.15, 0.2) is 0 Å². The Kier molecular flexibility index (Phi) is 4.14. The minimum Gasteiger partial charge on any atom is -0.480 e. The van der Waals surface area contributed by atoms with E-state index in [4.69, 9.17) is 4.98 Å². The molecule has 0 amide bonds. The Morgan fingerprint density at radius 3 is 2.29 bits per heavy atom. The number of fused-ring (bicyclic) bond motifs is 1. The van der Waals surface area contributed by atoms with Gasteiger partial charge in [0.1, 0.15) is 11.9 Å². The van der Waals surface area contributed by atoms with Crippen LogP contribution in [0.2, 0.25) is 0 Å². The average molecular weight is 322 g/mol. The van der Waals surface area contributed by atoms with Crippen LogP contribution in [0.3, 0.4) is 0 Å². The molecule has 4 nitrogen and oxygen atoms in total. The highest BCUT2D eigenvalue weighted by atomic mass is 16.4. The number of hydrogen-bond acceptors (Lipinski definition) is 2. The van der Waals surface area contributed by atoms with E-state index in [1.54, 1.807) is 0 Å². The van der Waals surface area contributed by atoms with Crippen LogP contribution in [0.5, 0.6) is 0 Å². The summed E-state index contributed by atoms with van der Waals surface area (Å²) >= 11 is 0. The van der Waals surface area contributed by atoms with Gasteiger partial charge in [-0.25, -0.2) is 9.78 Å². The first-order chi connectivity index (χ1) is 11.4. The topological polar surface area (TPSA) is 55.1 Å². The number of imidazole rings is 1. The molecular formula is C20H22N2O2. The Bertz CT molecular complexity index is 895. The normalized spacial score (nSPS) is 12.7. The van der Waals surface area contributed by atoms with Crippen molar-refractivity contribution >= 4 is 17.0 Å². The van der Waals surface area contributed by atoms with Gasteiger partial charge in [0, 0.05) is 5.56 Å². The van der Waals surface area contributed by atoms with Gasteiger partial charge in [-0.05, 0) is 43.0 Å². The maximum Gasteiger partial charge on any atom is 0.327 e. The summed E-state index contributed by atoms with van der Waals surface area (Å²) in [5.74, 6) is -0.180. The molecule has 0 fully saturated rings. The molecule has 2 aromatic carbocycles. The second-order valence-electron chi connectivity index (χ2n) is 6.62. The number of nitrogens with zero attached hydrogens (tertiary/aromatic N) is 2. The summed E-state index contributed by atoms with van der Waals surface area (Å²) in [6, 6.07) is 13.2. The Morgan fingerprint density at radius 2 is 1.71 bits per heavy atom. The fourth-order valence-electron chi connectivity index (χ4n) is 3.12. The van der Waals surface area contributed by atoms with Crippen LogP contribution in [0.4, 0.5) is 0 Å². The molecule has 124 valence electrons. The maximum atomic E-state index is 12.0. The molecule has 0 aliphatic rings. The monoisotopic (exact) mass is 322 g/mol. The third-order valence-corrected chi connectivity index (χ3v) is 4.50. The average Bonchev–Trinajstić information content (AvgIpc) is 2.87. The lowest BCUT2D eigenvalue weighted by Crippen LogP contribution is -2.24. The van der Waals surface area contributed by atoms with Crippen molar-refractivity contribution in [3.63, 3.8) is 0 Å². The van der Waals surface area contributed by atoms with Gasteiger partial charge >= 0.3 is 5.97 Å². The van der Waals surface area contributed by atoms with Crippen LogP contribution >= 0.6 is 0 Å². The molecule has 0 aliphatic heterocycles. The van der Waals surface area contributed by atoms with Gasteiger partial charge in [0.05, 0.1) is 11.0 Å². The Hall–Kier alpha value is -2.62. The van der Waals surface area contributed by atoms with Crippen molar-refractivity contribution in [2.75, 3.05) is 0 Å². The second-order valence-corrected chi connectivity index (χ2v) is 6.62. The fourth-order valence-corrected chi connectivity index (χ4v) is 3.12. The van der Waals surface area contributed by atoms with E-state index in [1.165, 1.54) is 0 Å². The van der Waals surface area contributed by atoms with E-state index in [1.807, 2.05) is 74.7 Å². The summed E-state index contributed by atoms with van der Waals surface area (Å²) in [6.45, 7) is 7.95. The lowest BCUT2D eigenvalue weighted by Gasteiger charge is -2.21. The maximum absolute atomic E-state index is 12.0. The van der Waals surface area contributed by atoms with Crippen molar-refractivity contribution in [1.29, 1.82) is 0 Å². The predicted octanol–water partition coefficient (Wildman–Crippen LogP) is 4.60. The first-order valence-corrected chi connectivity index (χ1v) is 8.17. The molecule has 0 saturated carbocycles. The third kappa shape index (κ3) is 2.68. The van der Waals surface area contributed by atoms with Crippen LogP contribution in [0.15, 0.2) is 42.5 Å². The van der Waals surface area contributed by atoms with Gasteiger partial charge in [-0.3, -0.25) is 0 Å². The number of rotatable bonds is 4. The minimum atomic E-state index is -0.834. The molecule has 1 heterocycles. The van der Waals surface area contributed by atoms with Gasteiger partial charge in [0.2, 0.25) is 0 Å². The number of hydrogen-bond donors (Lipinski definition) is 1. The number of aliphatic carboxylic acids is 1. The molecule has 1 unspecified atom stereocenters. The number of carboxylic acid groups (broad SMARTS) is 1. The lowest BCUT2D eigenvalue weighted by molar-refractivity contribution is -0.142. The molecule has 3 rings (SSSR count). The zero-order valence-corrected chi connectivity index (χ0v) is 14.4. The number of carboxylic acids is 1. The number of carbonyl (C=O) groups is 1. The van der Waals surface area contributed by atoms with Gasteiger partial charge in [-0.2, -0.15) is 0 Å². The highest BCUT2D eigenvalue weighted by Crippen LogP contribution is 2.33. The number of benzene rings is 2. The van der Waals surface area contributed by atoms with E-state index < -0.39 is 12.0 Å². The van der Waals surface area contributed by atoms with Gasteiger partial charge in [-0.1, -0.05) is 44.2 Å². The smallest absolute Gasteiger partial charge is 0.327 e. The van der Waals surface area contributed by atoms with Gasteiger partial charge in [-0.15, -0.1) is 0 Å². The lowest BCUT2D eigenvalue weighted by atomic mass is 10.0. The van der Waals surface area contributed by atoms with Gasteiger partial charge in [0.25, 0.3) is 0 Å². The van der Waals surface area contributed by atoms with E-state index >= 15 is 0 Å². The van der Waals surface area contributed by atoms with Crippen LogP contribution in [0.25, 0.3) is 22.4 Å². The summed E-state index contributed by atoms with van der Waals surface area (Å²) in [4.78, 5) is 16.7. The van der Waals surface area contributed by atoms with E-state index in [9.17, 15) is 9.90 Å². The highest BCUT2D eigenvalue weighted by Gasteiger charge is 2.28. The minimum absolute atomic E-state index is 0.0519. The fraction of sp³-hybridized carbons (Fsp3) is 0.300. The summed E-state index contributed by atoms with van der Waals surface area (Å²) < 4.78 is 1.88. The van der Waals surface area contributed by atoms with Gasteiger partial charge < -0.3 is 9.67 Å². The zero-order chi connectivity index (χ0) is 17.4. The molecule has 4 heteroatoms. The van der Waals surface area contributed by atoms with Crippen molar-refractivity contribution in [2.45, 2.75) is 33.7 Å². The molecule has 0 aliphatic carbocycles. The van der Waals surface area contributed by atoms with E-state index in [-0.39, 0.29) is 5.92 Å². The summed E-state index contributed by atoms with van der Waals surface area (Å²) in [6.07, 6.45) is 0. The van der Waals surface area contributed by atoms with E-state index in [0.717, 1.165) is 27.7 Å². The van der Waals surface area contributed by atoms with Crippen LogP contribution in [-0.4, -0.2) is 20.6 Å². The van der Waals surface area contributed by atoms with Crippen molar-refractivity contribution in [3.05, 3.63) is 53.6 Å². The first kappa shape index (κ1) is 16.2. The molecule has 3 aromatic rings. The largest absolute Gasteiger partial charge is 0.480 e. The summed E-state index contributed by atoms with van der Waals surface area (Å²) in [7, 11) is 0. The van der Waals surface area contributed by atoms with Crippen molar-refractivity contribution < 1.29 is 9.90 Å². The molecule has 0 saturated heterocycles. The summed E-state index contributed by atoms with van der Waals surface area (Å²) in [5, 5.41) is 9.82. The molecule has 0 radical (unpaired) electrons. The van der Waals surface area contributed by atoms with Crippen molar-refractivity contribution in [2.24, 2.45) is 5.92 Å². The zero-order valence-electron chi connectivity index (χ0n) is 14.4. The van der Waals surface area contributed by atoms with Crippen LogP contribution < -0.4 is 0 Å². The van der Waals surface area contributed by atoms with E-state index in [0.29, 0.717) is 5.82 Å². The van der Waals surface area contributed by atoms with Crippen LogP contribution in [0, 0.1) is 19.8 Å². The second kappa shape index (κ2) is 6.11.